The van der Waals surface area contributed by atoms with Crippen LogP contribution in [0.4, 0.5) is 0 Å². The molecule has 17 heavy (non-hydrogen) atoms. The highest BCUT2D eigenvalue weighted by Gasteiger charge is 2.11. The van der Waals surface area contributed by atoms with Crippen molar-refractivity contribution in [2.24, 2.45) is 10.7 Å². The third-order valence-corrected chi connectivity index (χ3v) is 2.75. The van der Waals surface area contributed by atoms with E-state index in [-0.39, 0.29) is 5.96 Å². The Morgan fingerprint density at radius 1 is 1.18 bits per heavy atom. The average Bonchev–Trinajstić information content (AvgIpc) is 2.25. The van der Waals surface area contributed by atoms with E-state index in [4.69, 9.17) is 11.1 Å². The second-order valence-electron chi connectivity index (χ2n) is 4.80. The zero-order valence-corrected chi connectivity index (χ0v) is 11.0. The highest BCUT2D eigenvalue weighted by molar-refractivity contribution is 5.93. The van der Waals surface area contributed by atoms with Gasteiger partial charge in [-0.3, -0.25) is 5.41 Å². The van der Waals surface area contributed by atoms with Crippen molar-refractivity contribution in [3.05, 3.63) is 34.9 Å². The van der Waals surface area contributed by atoms with E-state index in [9.17, 15) is 0 Å². The van der Waals surface area contributed by atoms with E-state index in [1.54, 1.807) is 6.21 Å². The normalized spacial score (nSPS) is 11.6. The van der Waals surface area contributed by atoms with Gasteiger partial charge in [-0.2, -0.15) is 0 Å². The molecule has 0 spiro atoms. The molecule has 0 saturated carbocycles. The molecule has 0 aliphatic rings. The lowest BCUT2D eigenvalue weighted by atomic mass is 9.89. The quantitative estimate of drug-likeness (QED) is 0.608. The van der Waals surface area contributed by atoms with E-state index in [0.29, 0.717) is 11.8 Å². The summed E-state index contributed by atoms with van der Waals surface area (Å²) in [5.41, 5.74) is 8.88. The molecule has 0 aromatic heterocycles. The highest BCUT2D eigenvalue weighted by Crippen LogP contribution is 2.26. The van der Waals surface area contributed by atoms with Gasteiger partial charge in [-0.05, 0) is 28.5 Å². The standard InChI is InChI=1S/C14H21N3/c1-9(2)11-6-5-7-12(10(3)4)13(11)8-17-14(15)16/h5-10H,1-4H3,(H3,15,16). The van der Waals surface area contributed by atoms with E-state index in [1.165, 1.54) is 11.1 Å². The summed E-state index contributed by atoms with van der Waals surface area (Å²) >= 11 is 0. The van der Waals surface area contributed by atoms with Gasteiger partial charge in [0, 0.05) is 6.21 Å². The third kappa shape index (κ3) is 3.41. The molecule has 0 aliphatic heterocycles. The van der Waals surface area contributed by atoms with Crippen molar-refractivity contribution in [2.45, 2.75) is 39.5 Å². The Morgan fingerprint density at radius 2 is 1.65 bits per heavy atom. The second kappa shape index (κ2) is 5.62. The summed E-state index contributed by atoms with van der Waals surface area (Å²) in [5, 5.41) is 7.18. The SMILES string of the molecule is CC(C)c1cccc(C(C)C)c1C=NC(=N)N. The van der Waals surface area contributed by atoms with Crippen LogP contribution in [-0.2, 0) is 0 Å². The molecule has 92 valence electrons. The van der Waals surface area contributed by atoms with Crippen LogP contribution in [0.3, 0.4) is 0 Å². The number of aliphatic imine (C=N–C) groups is 1. The van der Waals surface area contributed by atoms with Crippen LogP contribution in [0, 0.1) is 5.41 Å². The molecule has 3 N–H and O–H groups in total. The maximum absolute atomic E-state index is 7.18. The first-order chi connectivity index (χ1) is 7.93. The Kier molecular flexibility index (Phi) is 4.44. The first kappa shape index (κ1) is 13.4. The first-order valence-electron chi connectivity index (χ1n) is 5.94. The van der Waals surface area contributed by atoms with Crippen molar-refractivity contribution in [1.82, 2.24) is 0 Å². The van der Waals surface area contributed by atoms with Gasteiger partial charge in [-0.15, -0.1) is 0 Å². The van der Waals surface area contributed by atoms with Gasteiger partial charge in [-0.25, -0.2) is 4.99 Å². The molecular formula is C14H21N3. The van der Waals surface area contributed by atoms with E-state index in [2.05, 4.69) is 50.9 Å². The van der Waals surface area contributed by atoms with E-state index in [0.717, 1.165) is 5.56 Å². The zero-order chi connectivity index (χ0) is 13.0. The monoisotopic (exact) mass is 231 g/mol. The molecule has 0 aliphatic carbocycles. The van der Waals surface area contributed by atoms with Gasteiger partial charge in [0.15, 0.2) is 0 Å². The number of benzene rings is 1. The van der Waals surface area contributed by atoms with Crippen molar-refractivity contribution in [2.75, 3.05) is 0 Å². The Hall–Kier alpha value is -1.64. The summed E-state index contributed by atoms with van der Waals surface area (Å²) in [6.07, 6.45) is 1.72. The van der Waals surface area contributed by atoms with Gasteiger partial charge in [-0.1, -0.05) is 45.9 Å². The third-order valence-electron chi connectivity index (χ3n) is 2.75. The molecule has 3 nitrogen and oxygen atoms in total. The number of nitrogens with zero attached hydrogens (tertiary/aromatic N) is 1. The molecule has 1 aromatic carbocycles. The van der Waals surface area contributed by atoms with Gasteiger partial charge < -0.3 is 5.73 Å². The molecule has 0 saturated heterocycles. The topological polar surface area (TPSA) is 62.2 Å². The number of rotatable bonds is 3. The lowest BCUT2D eigenvalue weighted by molar-refractivity contribution is 0.830. The van der Waals surface area contributed by atoms with Gasteiger partial charge in [0.2, 0.25) is 5.96 Å². The summed E-state index contributed by atoms with van der Waals surface area (Å²) in [6.45, 7) is 8.63. The van der Waals surface area contributed by atoms with Gasteiger partial charge >= 0.3 is 0 Å². The molecule has 3 heteroatoms. The summed E-state index contributed by atoms with van der Waals surface area (Å²) in [5.74, 6) is 0.711. The van der Waals surface area contributed by atoms with Crippen molar-refractivity contribution in [1.29, 1.82) is 5.41 Å². The maximum Gasteiger partial charge on any atom is 0.212 e. The van der Waals surface area contributed by atoms with Crippen LogP contribution in [0.25, 0.3) is 0 Å². The molecule has 1 aromatic rings. The molecule has 0 radical (unpaired) electrons. The summed E-state index contributed by atoms with van der Waals surface area (Å²) < 4.78 is 0. The minimum absolute atomic E-state index is 0.154. The lowest BCUT2D eigenvalue weighted by Crippen LogP contribution is -2.08. The number of nitrogens with two attached hydrogens (primary N) is 1. The lowest BCUT2D eigenvalue weighted by Gasteiger charge is -2.16. The van der Waals surface area contributed by atoms with Crippen LogP contribution in [0.2, 0.25) is 0 Å². The van der Waals surface area contributed by atoms with Crippen molar-refractivity contribution in [3.8, 4) is 0 Å². The molecule has 0 bridgehead atoms. The highest BCUT2D eigenvalue weighted by atomic mass is 15.0. The van der Waals surface area contributed by atoms with Gasteiger partial charge in [0.1, 0.15) is 0 Å². The minimum atomic E-state index is -0.154. The molecule has 0 heterocycles. The fourth-order valence-corrected chi connectivity index (χ4v) is 1.89. The average molecular weight is 231 g/mol. The number of hydrogen-bond donors (Lipinski definition) is 2. The minimum Gasteiger partial charge on any atom is -0.368 e. The first-order valence-corrected chi connectivity index (χ1v) is 5.94. The molecular weight excluding hydrogens is 210 g/mol. The van der Waals surface area contributed by atoms with Crippen molar-refractivity contribution >= 4 is 12.2 Å². The molecule has 1 rings (SSSR count). The van der Waals surface area contributed by atoms with Gasteiger partial charge in [0.05, 0.1) is 0 Å². The molecule has 0 amide bonds. The van der Waals surface area contributed by atoms with Crippen LogP contribution in [0.1, 0.15) is 56.2 Å². The van der Waals surface area contributed by atoms with Gasteiger partial charge in [0.25, 0.3) is 0 Å². The smallest absolute Gasteiger partial charge is 0.212 e. The van der Waals surface area contributed by atoms with Crippen LogP contribution < -0.4 is 5.73 Å². The Labute approximate surface area is 103 Å². The zero-order valence-electron chi connectivity index (χ0n) is 11.0. The Bertz CT molecular complexity index is 405. The summed E-state index contributed by atoms with van der Waals surface area (Å²) in [6, 6.07) is 6.30. The molecule has 0 fully saturated rings. The van der Waals surface area contributed by atoms with E-state index < -0.39 is 0 Å². The fourth-order valence-electron chi connectivity index (χ4n) is 1.89. The summed E-state index contributed by atoms with van der Waals surface area (Å²) in [4.78, 5) is 3.92. The summed E-state index contributed by atoms with van der Waals surface area (Å²) in [7, 11) is 0. The number of guanidine groups is 1. The maximum atomic E-state index is 7.18. The van der Waals surface area contributed by atoms with Crippen LogP contribution in [0.15, 0.2) is 23.2 Å². The Balaban J connectivity index is 3.33. The Morgan fingerprint density at radius 3 is 2.00 bits per heavy atom. The molecule has 0 atom stereocenters. The van der Waals surface area contributed by atoms with Crippen LogP contribution >= 0.6 is 0 Å². The van der Waals surface area contributed by atoms with Crippen LogP contribution in [-0.4, -0.2) is 12.2 Å². The predicted molar refractivity (Wildman–Crippen MR) is 74.1 cm³/mol. The van der Waals surface area contributed by atoms with Crippen LogP contribution in [0.5, 0.6) is 0 Å². The fraction of sp³-hybridized carbons (Fsp3) is 0.429. The van der Waals surface area contributed by atoms with Crippen molar-refractivity contribution < 1.29 is 0 Å². The largest absolute Gasteiger partial charge is 0.368 e. The molecule has 0 unspecified atom stereocenters. The predicted octanol–water partition coefficient (Wildman–Crippen LogP) is 3.25. The van der Waals surface area contributed by atoms with Crippen molar-refractivity contribution in [3.63, 3.8) is 0 Å². The van der Waals surface area contributed by atoms with E-state index in [1.807, 2.05) is 0 Å². The number of hydrogen-bond acceptors (Lipinski definition) is 1. The number of nitrogens with one attached hydrogen (secondary N) is 1. The second-order valence-corrected chi connectivity index (χ2v) is 4.80. The van der Waals surface area contributed by atoms with E-state index >= 15 is 0 Å².